The zero-order valence-electron chi connectivity index (χ0n) is 17.9. The number of aromatic nitrogens is 2. The summed E-state index contributed by atoms with van der Waals surface area (Å²) in [7, 11) is -1.80. The molecule has 0 bridgehead atoms. The van der Waals surface area contributed by atoms with E-state index in [1.807, 2.05) is 55.4 Å². The molecule has 3 aromatic rings. The Morgan fingerprint density at radius 3 is 2.52 bits per heavy atom. The summed E-state index contributed by atoms with van der Waals surface area (Å²) < 4.78 is 29.5. The van der Waals surface area contributed by atoms with Gasteiger partial charge >= 0.3 is 0 Å². The van der Waals surface area contributed by atoms with Gasteiger partial charge in [0.25, 0.3) is 0 Å². The average molecular weight is 441 g/mol. The first-order chi connectivity index (χ1) is 14.9. The minimum absolute atomic E-state index is 0.110. The van der Waals surface area contributed by atoms with E-state index in [-0.39, 0.29) is 16.7 Å². The minimum atomic E-state index is -3.61. The molecule has 7 nitrogen and oxygen atoms in total. The first-order valence-electron chi connectivity index (χ1n) is 10.6. The molecule has 1 amide bonds. The van der Waals surface area contributed by atoms with Gasteiger partial charge < -0.3 is 4.90 Å². The van der Waals surface area contributed by atoms with E-state index in [9.17, 15) is 13.2 Å². The summed E-state index contributed by atoms with van der Waals surface area (Å²) in [5.74, 6) is -0.0355. The van der Waals surface area contributed by atoms with Crippen molar-refractivity contribution in [1.82, 2.24) is 19.0 Å². The van der Waals surface area contributed by atoms with Gasteiger partial charge in [0.05, 0.1) is 10.4 Å². The van der Waals surface area contributed by atoms with Gasteiger partial charge in [0.1, 0.15) is 0 Å². The highest BCUT2D eigenvalue weighted by Crippen LogP contribution is 2.27. The van der Waals surface area contributed by atoms with Crippen LogP contribution < -0.4 is 0 Å². The lowest BCUT2D eigenvalue weighted by Gasteiger charge is -2.33. The average Bonchev–Trinajstić information content (AvgIpc) is 3.17. The molecule has 4 rings (SSSR count). The number of carbonyl (C=O) groups excluding carboxylic acids is 1. The predicted octanol–water partition coefficient (Wildman–Crippen LogP) is 3.02. The zero-order valence-corrected chi connectivity index (χ0v) is 18.8. The number of rotatable bonds is 6. The maximum absolute atomic E-state index is 13.1. The van der Waals surface area contributed by atoms with Gasteiger partial charge in [-0.25, -0.2) is 8.42 Å². The van der Waals surface area contributed by atoms with E-state index in [4.69, 9.17) is 0 Å². The van der Waals surface area contributed by atoms with Crippen LogP contribution in [0.2, 0.25) is 0 Å². The van der Waals surface area contributed by atoms with E-state index in [1.54, 1.807) is 22.9 Å². The normalized spacial score (nSPS) is 15.9. The fourth-order valence-electron chi connectivity index (χ4n) is 4.18. The molecule has 31 heavy (non-hydrogen) atoms. The largest absolute Gasteiger partial charge is 0.338 e. The molecule has 1 aliphatic rings. The number of piperidine rings is 1. The van der Waals surface area contributed by atoms with E-state index < -0.39 is 10.0 Å². The fourth-order valence-corrected chi connectivity index (χ4v) is 5.67. The topological polar surface area (TPSA) is 75.5 Å². The molecule has 1 saturated heterocycles. The SMILES string of the molecule is CCN(Cc1ccccc1)C(=O)C1CCN(S(=O)(=O)c2ccc3cn(C)nc3c2)CC1. The number of hydrogen-bond donors (Lipinski definition) is 0. The van der Waals surface area contributed by atoms with Crippen molar-refractivity contribution < 1.29 is 13.2 Å². The number of benzene rings is 2. The first-order valence-corrected chi connectivity index (χ1v) is 12.1. The molecular formula is C23H28N4O3S. The van der Waals surface area contributed by atoms with E-state index >= 15 is 0 Å². The lowest BCUT2D eigenvalue weighted by Crippen LogP contribution is -2.44. The van der Waals surface area contributed by atoms with Crippen LogP contribution in [0.1, 0.15) is 25.3 Å². The van der Waals surface area contributed by atoms with Crippen molar-refractivity contribution in [2.24, 2.45) is 13.0 Å². The van der Waals surface area contributed by atoms with Crippen LogP contribution in [0, 0.1) is 5.92 Å². The Morgan fingerprint density at radius 1 is 1.13 bits per heavy atom. The third-order valence-electron chi connectivity index (χ3n) is 5.94. The lowest BCUT2D eigenvalue weighted by molar-refractivity contribution is -0.137. The first kappa shape index (κ1) is 21.5. The highest BCUT2D eigenvalue weighted by molar-refractivity contribution is 7.89. The van der Waals surface area contributed by atoms with Crippen molar-refractivity contribution in [3.05, 3.63) is 60.3 Å². The summed E-state index contributed by atoms with van der Waals surface area (Å²) >= 11 is 0. The molecule has 2 heterocycles. The third kappa shape index (κ3) is 4.50. The second kappa shape index (κ2) is 8.80. The molecule has 0 saturated carbocycles. The Morgan fingerprint density at radius 2 is 1.84 bits per heavy atom. The standard InChI is InChI=1S/C23H28N4O3S/c1-3-26(16-18-7-5-4-6-8-18)23(28)19-11-13-27(14-12-19)31(29,30)21-10-9-20-17-25(2)24-22(20)15-21/h4-10,15,17,19H,3,11-14,16H2,1-2H3. The second-order valence-corrected chi connectivity index (χ2v) is 9.98. The Balaban J connectivity index is 1.42. The molecule has 0 N–H and O–H groups in total. The third-order valence-corrected chi connectivity index (χ3v) is 7.84. The van der Waals surface area contributed by atoms with Gasteiger partial charge in [-0.1, -0.05) is 30.3 Å². The second-order valence-electron chi connectivity index (χ2n) is 8.04. The molecule has 0 atom stereocenters. The molecular weight excluding hydrogens is 412 g/mol. The highest BCUT2D eigenvalue weighted by Gasteiger charge is 2.33. The summed E-state index contributed by atoms with van der Waals surface area (Å²) in [6.45, 7) is 3.90. The molecule has 0 aliphatic carbocycles. The van der Waals surface area contributed by atoms with Crippen molar-refractivity contribution >= 4 is 26.8 Å². The van der Waals surface area contributed by atoms with E-state index in [2.05, 4.69) is 5.10 Å². The lowest BCUT2D eigenvalue weighted by atomic mass is 9.96. The van der Waals surface area contributed by atoms with Gasteiger partial charge in [-0.15, -0.1) is 0 Å². The molecule has 1 aliphatic heterocycles. The molecule has 2 aromatic carbocycles. The molecule has 0 unspecified atom stereocenters. The number of sulfonamides is 1. The Bertz CT molecular complexity index is 1170. The number of hydrogen-bond acceptors (Lipinski definition) is 4. The fraction of sp³-hybridized carbons (Fsp3) is 0.391. The number of aryl methyl sites for hydroxylation is 1. The van der Waals surface area contributed by atoms with Crippen molar-refractivity contribution in [2.75, 3.05) is 19.6 Å². The van der Waals surface area contributed by atoms with Crippen LogP contribution >= 0.6 is 0 Å². The molecule has 0 radical (unpaired) electrons. The molecule has 1 fully saturated rings. The van der Waals surface area contributed by atoms with Crippen LogP contribution in [0.4, 0.5) is 0 Å². The van der Waals surface area contributed by atoms with Gasteiger partial charge in [-0.2, -0.15) is 9.40 Å². The van der Waals surface area contributed by atoms with Gasteiger partial charge in [0.15, 0.2) is 0 Å². The quantitative estimate of drug-likeness (QED) is 0.591. The summed E-state index contributed by atoms with van der Waals surface area (Å²) in [6.07, 6.45) is 2.93. The van der Waals surface area contributed by atoms with Crippen molar-refractivity contribution in [2.45, 2.75) is 31.2 Å². The van der Waals surface area contributed by atoms with Gasteiger partial charge in [-0.05, 0) is 43.5 Å². The summed E-state index contributed by atoms with van der Waals surface area (Å²) in [5, 5.41) is 5.22. The number of carbonyl (C=O) groups is 1. The molecule has 8 heteroatoms. The maximum atomic E-state index is 13.1. The monoisotopic (exact) mass is 440 g/mol. The molecule has 1 aromatic heterocycles. The van der Waals surface area contributed by atoms with Crippen LogP contribution in [-0.4, -0.2) is 52.9 Å². The molecule has 164 valence electrons. The smallest absolute Gasteiger partial charge is 0.243 e. The van der Waals surface area contributed by atoms with Crippen molar-refractivity contribution in [3.63, 3.8) is 0 Å². The van der Waals surface area contributed by atoms with Gasteiger partial charge in [-0.3, -0.25) is 9.48 Å². The van der Waals surface area contributed by atoms with Crippen LogP contribution in [0.5, 0.6) is 0 Å². The van der Waals surface area contributed by atoms with Crippen molar-refractivity contribution in [3.8, 4) is 0 Å². The Hall–Kier alpha value is -2.71. The summed E-state index contributed by atoms with van der Waals surface area (Å²) in [4.78, 5) is 15.2. The number of nitrogens with zero attached hydrogens (tertiary/aromatic N) is 4. The van der Waals surface area contributed by atoms with E-state index in [0.29, 0.717) is 44.5 Å². The Kier molecular flexibility index (Phi) is 6.11. The maximum Gasteiger partial charge on any atom is 0.243 e. The van der Waals surface area contributed by atoms with Crippen LogP contribution in [0.3, 0.4) is 0 Å². The van der Waals surface area contributed by atoms with Crippen LogP contribution in [-0.2, 0) is 28.4 Å². The number of fused-ring (bicyclic) bond motifs is 1. The molecule has 0 spiro atoms. The van der Waals surface area contributed by atoms with Gasteiger partial charge in [0.2, 0.25) is 15.9 Å². The van der Waals surface area contributed by atoms with Crippen molar-refractivity contribution in [1.29, 1.82) is 0 Å². The predicted molar refractivity (Wildman–Crippen MR) is 120 cm³/mol. The van der Waals surface area contributed by atoms with E-state index in [1.165, 1.54) is 4.31 Å². The van der Waals surface area contributed by atoms with Crippen LogP contribution in [0.25, 0.3) is 10.9 Å². The zero-order chi connectivity index (χ0) is 22.0. The van der Waals surface area contributed by atoms with E-state index in [0.717, 1.165) is 10.9 Å². The highest BCUT2D eigenvalue weighted by atomic mass is 32.2. The summed E-state index contributed by atoms with van der Waals surface area (Å²) in [6, 6.07) is 15.0. The van der Waals surface area contributed by atoms with Gasteiger partial charge in [0, 0.05) is 50.7 Å². The minimum Gasteiger partial charge on any atom is -0.338 e. The number of amides is 1. The Labute approximate surface area is 183 Å². The summed E-state index contributed by atoms with van der Waals surface area (Å²) in [5.41, 5.74) is 1.76. The van der Waals surface area contributed by atoms with Crippen LogP contribution in [0.15, 0.2) is 59.6 Å².